The van der Waals surface area contributed by atoms with Gasteiger partial charge in [0, 0.05) is 23.7 Å². The summed E-state index contributed by atoms with van der Waals surface area (Å²) in [6, 6.07) is 5.32. The molecule has 1 aromatic heterocycles. The Bertz CT molecular complexity index is 540. The number of anilines is 1. The van der Waals surface area contributed by atoms with Crippen LogP contribution in [0.4, 0.5) is 5.69 Å². The average Bonchev–Trinajstić information content (AvgIpc) is 2.61. The lowest BCUT2D eigenvalue weighted by Crippen LogP contribution is -2.36. The Morgan fingerprint density at radius 3 is 3.00 bits per heavy atom. The van der Waals surface area contributed by atoms with E-state index in [0.29, 0.717) is 11.3 Å². The lowest BCUT2D eigenvalue weighted by molar-refractivity contribution is -0.117. The number of nitrogens with zero attached hydrogens (tertiary/aromatic N) is 1. The zero-order valence-corrected chi connectivity index (χ0v) is 9.86. The largest absolute Gasteiger partial charge is 0.443 e. The molecule has 90 valence electrons. The van der Waals surface area contributed by atoms with Gasteiger partial charge in [0.25, 0.3) is 0 Å². The molecule has 1 aromatic carbocycles. The van der Waals surface area contributed by atoms with Crippen LogP contribution in [0.1, 0.15) is 20.3 Å². The van der Waals surface area contributed by atoms with Crippen molar-refractivity contribution in [2.75, 3.05) is 5.32 Å². The molecule has 1 amide bonds. The minimum atomic E-state index is -0.513. The molecule has 0 aliphatic heterocycles. The summed E-state index contributed by atoms with van der Waals surface area (Å²) in [6.45, 7) is 3.62. The van der Waals surface area contributed by atoms with Crippen LogP contribution in [0.25, 0.3) is 11.1 Å². The Kier molecular flexibility index (Phi) is 2.85. The molecule has 3 N–H and O–H groups in total. The Balaban J connectivity index is 2.10. The third-order valence-corrected chi connectivity index (χ3v) is 2.23. The first-order valence-corrected chi connectivity index (χ1v) is 5.36. The van der Waals surface area contributed by atoms with Gasteiger partial charge in [-0.25, -0.2) is 4.98 Å². The van der Waals surface area contributed by atoms with E-state index in [1.807, 2.05) is 13.8 Å². The Hall–Kier alpha value is -1.88. The molecule has 0 saturated carbocycles. The Morgan fingerprint density at radius 1 is 1.53 bits per heavy atom. The maximum absolute atomic E-state index is 11.7. The molecule has 0 aliphatic rings. The molecule has 0 fully saturated rings. The van der Waals surface area contributed by atoms with E-state index in [4.69, 9.17) is 10.2 Å². The van der Waals surface area contributed by atoms with Crippen molar-refractivity contribution in [3.05, 3.63) is 24.6 Å². The number of hydrogen-bond acceptors (Lipinski definition) is 4. The molecule has 17 heavy (non-hydrogen) atoms. The molecular weight excluding hydrogens is 218 g/mol. The standard InChI is InChI=1S/C12H15N3O2/c1-12(2,13)6-11(16)15-8-3-4-9-10(5-8)17-7-14-9/h3-5,7H,6,13H2,1-2H3,(H,15,16). The molecule has 1 heterocycles. The zero-order valence-electron chi connectivity index (χ0n) is 9.86. The predicted molar refractivity (Wildman–Crippen MR) is 65.5 cm³/mol. The number of benzene rings is 1. The number of carbonyl (C=O) groups is 1. The van der Waals surface area contributed by atoms with E-state index >= 15 is 0 Å². The number of hydrogen-bond donors (Lipinski definition) is 2. The zero-order chi connectivity index (χ0) is 12.5. The summed E-state index contributed by atoms with van der Waals surface area (Å²) in [6.07, 6.45) is 1.64. The molecule has 0 bridgehead atoms. The van der Waals surface area contributed by atoms with Gasteiger partial charge in [0.15, 0.2) is 12.0 Å². The highest BCUT2D eigenvalue weighted by Crippen LogP contribution is 2.18. The van der Waals surface area contributed by atoms with E-state index in [0.717, 1.165) is 5.52 Å². The van der Waals surface area contributed by atoms with Crippen molar-refractivity contribution in [3.63, 3.8) is 0 Å². The van der Waals surface area contributed by atoms with Crippen LogP contribution in [0.15, 0.2) is 29.0 Å². The maximum Gasteiger partial charge on any atom is 0.226 e. The predicted octanol–water partition coefficient (Wildman–Crippen LogP) is 1.89. The molecular formula is C12H15N3O2. The van der Waals surface area contributed by atoms with Crippen molar-refractivity contribution in [1.29, 1.82) is 0 Å². The Morgan fingerprint density at radius 2 is 2.29 bits per heavy atom. The quantitative estimate of drug-likeness (QED) is 0.848. The maximum atomic E-state index is 11.7. The third-order valence-electron chi connectivity index (χ3n) is 2.23. The minimum absolute atomic E-state index is 0.114. The SMILES string of the molecule is CC(C)(N)CC(=O)Nc1ccc2ncoc2c1. The van der Waals surface area contributed by atoms with Gasteiger partial charge >= 0.3 is 0 Å². The summed E-state index contributed by atoms with van der Waals surface area (Å²) in [5.74, 6) is -0.114. The smallest absolute Gasteiger partial charge is 0.226 e. The summed E-state index contributed by atoms with van der Waals surface area (Å²) in [7, 11) is 0. The van der Waals surface area contributed by atoms with Crippen LogP contribution in [0.2, 0.25) is 0 Å². The number of carbonyl (C=O) groups excluding carboxylic acids is 1. The van der Waals surface area contributed by atoms with Gasteiger partial charge in [-0.15, -0.1) is 0 Å². The molecule has 0 saturated heterocycles. The van der Waals surface area contributed by atoms with Crippen molar-refractivity contribution >= 4 is 22.7 Å². The summed E-state index contributed by atoms with van der Waals surface area (Å²) in [4.78, 5) is 15.7. The van der Waals surface area contributed by atoms with Gasteiger partial charge in [-0.2, -0.15) is 0 Å². The molecule has 0 radical (unpaired) electrons. The van der Waals surface area contributed by atoms with E-state index in [1.54, 1.807) is 18.2 Å². The van der Waals surface area contributed by atoms with Gasteiger partial charge in [0.05, 0.1) is 0 Å². The van der Waals surface area contributed by atoms with Gasteiger partial charge in [0.2, 0.25) is 5.91 Å². The lowest BCUT2D eigenvalue weighted by atomic mass is 10.0. The summed E-state index contributed by atoms with van der Waals surface area (Å²) in [5, 5.41) is 2.77. The second kappa shape index (κ2) is 4.18. The second-order valence-electron chi connectivity index (χ2n) is 4.75. The molecule has 5 nitrogen and oxygen atoms in total. The summed E-state index contributed by atoms with van der Waals surface area (Å²) < 4.78 is 5.15. The highest BCUT2D eigenvalue weighted by Gasteiger charge is 2.16. The number of amides is 1. The number of nitrogens with one attached hydrogen (secondary N) is 1. The minimum Gasteiger partial charge on any atom is -0.443 e. The van der Waals surface area contributed by atoms with Gasteiger partial charge < -0.3 is 15.5 Å². The normalized spacial score (nSPS) is 11.7. The van der Waals surface area contributed by atoms with Crippen LogP contribution in [0.3, 0.4) is 0 Å². The number of rotatable bonds is 3. The van der Waals surface area contributed by atoms with Crippen LogP contribution < -0.4 is 11.1 Å². The summed E-state index contributed by atoms with van der Waals surface area (Å²) in [5.41, 5.74) is 7.36. The average molecular weight is 233 g/mol. The van der Waals surface area contributed by atoms with Gasteiger partial charge in [0.1, 0.15) is 5.52 Å². The van der Waals surface area contributed by atoms with Crippen LogP contribution >= 0.6 is 0 Å². The number of oxazole rings is 1. The van der Waals surface area contributed by atoms with Gasteiger partial charge in [-0.1, -0.05) is 0 Å². The first kappa shape index (κ1) is 11.6. The number of aromatic nitrogens is 1. The highest BCUT2D eigenvalue weighted by molar-refractivity contribution is 5.93. The van der Waals surface area contributed by atoms with Crippen molar-refractivity contribution in [1.82, 2.24) is 4.98 Å². The van der Waals surface area contributed by atoms with Crippen LogP contribution in [-0.4, -0.2) is 16.4 Å². The molecule has 0 unspecified atom stereocenters. The fourth-order valence-electron chi connectivity index (χ4n) is 1.55. The molecule has 0 atom stereocenters. The van der Waals surface area contributed by atoms with E-state index < -0.39 is 5.54 Å². The van der Waals surface area contributed by atoms with E-state index in [9.17, 15) is 4.79 Å². The Labute approximate surface area is 99.0 Å². The lowest BCUT2D eigenvalue weighted by Gasteiger charge is -2.17. The number of nitrogens with two attached hydrogens (primary N) is 1. The van der Waals surface area contributed by atoms with E-state index in [-0.39, 0.29) is 12.3 Å². The van der Waals surface area contributed by atoms with Gasteiger partial charge in [-0.3, -0.25) is 4.79 Å². The third kappa shape index (κ3) is 3.04. The first-order chi connectivity index (χ1) is 7.94. The molecule has 2 aromatic rings. The van der Waals surface area contributed by atoms with Crippen LogP contribution in [0.5, 0.6) is 0 Å². The van der Waals surface area contributed by atoms with Crippen LogP contribution in [-0.2, 0) is 4.79 Å². The first-order valence-electron chi connectivity index (χ1n) is 5.36. The van der Waals surface area contributed by atoms with Crippen LogP contribution in [0, 0.1) is 0 Å². The molecule has 0 aliphatic carbocycles. The molecule has 2 rings (SSSR count). The molecule has 0 spiro atoms. The fraction of sp³-hybridized carbons (Fsp3) is 0.333. The monoisotopic (exact) mass is 233 g/mol. The van der Waals surface area contributed by atoms with Crippen molar-refractivity contribution < 1.29 is 9.21 Å². The summed E-state index contributed by atoms with van der Waals surface area (Å²) >= 11 is 0. The second-order valence-corrected chi connectivity index (χ2v) is 4.75. The highest BCUT2D eigenvalue weighted by atomic mass is 16.3. The molecule has 5 heteroatoms. The van der Waals surface area contributed by atoms with Gasteiger partial charge in [-0.05, 0) is 26.0 Å². The van der Waals surface area contributed by atoms with Crippen molar-refractivity contribution in [2.45, 2.75) is 25.8 Å². The van der Waals surface area contributed by atoms with Crippen molar-refractivity contribution in [2.24, 2.45) is 5.73 Å². The van der Waals surface area contributed by atoms with E-state index in [2.05, 4.69) is 10.3 Å². The van der Waals surface area contributed by atoms with E-state index in [1.165, 1.54) is 6.39 Å². The topological polar surface area (TPSA) is 81.2 Å². The fourth-order valence-corrected chi connectivity index (χ4v) is 1.55. The van der Waals surface area contributed by atoms with Crippen molar-refractivity contribution in [3.8, 4) is 0 Å². The number of fused-ring (bicyclic) bond motifs is 1.